The van der Waals surface area contributed by atoms with Gasteiger partial charge in [0.15, 0.2) is 0 Å². The van der Waals surface area contributed by atoms with Crippen LogP contribution in [0.3, 0.4) is 0 Å². The van der Waals surface area contributed by atoms with E-state index in [0.717, 1.165) is 5.01 Å². The Bertz CT molecular complexity index is 654. The maximum Gasteiger partial charge on any atom is 0.275 e. The molecule has 0 aliphatic heterocycles. The van der Waals surface area contributed by atoms with Crippen LogP contribution < -0.4 is 11.1 Å². The van der Waals surface area contributed by atoms with Gasteiger partial charge in [0.05, 0.1) is 10.7 Å². The first-order valence-corrected chi connectivity index (χ1v) is 6.59. The van der Waals surface area contributed by atoms with Crippen molar-refractivity contribution in [1.29, 1.82) is 0 Å². The highest BCUT2D eigenvalue weighted by Crippen LogP contribution is 2.17. The number of thiocarbonyl (C=S) groups is 1. The number of aryl methyl sites for hydroxylation is 1. The van der Waals surface area contributed by atoms with E-state index in [2.05, 4.69) is 10.3 Å². The van der Waals surface area contributed by atoms with Gasteiger partial charge < -0.3 is 11.1 Å². The second kappa shape index (κ2) is 5.41. The van der Waals surface area contributed by atoms with Gasteiger partial charge in [0, 0.05) is 10.9 Å². The number of rotatable bonds is 3. The number of thiazole rings is 1. The Hall–Kier alpha value is -1.86. The lowest BCUT2D eigenvalue weighted by Crippen LogP contribution is -2.15. The highest BCUT2D eigenvalue weighted by Gasteiger charge is 2.12. The maximum atomic E-state index is 13.7. The number of anilines is 1. The van der Waals surface area contributed by atoms with Crippen LogP contribution in [0.4, 0.5) is 10.1 Å². The van der Waals surface area contributed by atoms with E-state index < -0.39 is 11.7 Å². The zero-order valence-corrected chi connectivity index (χ0v) is 11.6. The number of nitrogens with two attached hydrogens (primary N) is 1. The molecule has 0 fully saturated rings. The van der Waals surface area contributed by atoms with Gasteiger partial charge >= 0.3 is 0 Å². The van der Waals surface area contributed by atoms with Crippen LogP contribution in [0.5, 0.6) is 0 Å². The summed E-state index contributed by atoms with van der Waals surface area (Å²) in [6.07, 6.45) is 0. The number of nitrogens with one attached hydrogen (secondary N) is 1. The molecule has 1 amide bonds. The first-order valence-electron chi connectivity index (χ1n) is 5.30. The minimum Gasteiger partial charge on any atom is -0.389 e. The highest BCUT2D eigenvalue weighted by molar-refractivity contribution is 7.80. The highest BCUT2D eigenvalue weighted by atomic mass is 32.1. The van der Waals surface area contributed by atoms with Crippen molar-refractivity contribution in [3.63, 3.8) is 0 Å². The van der Waals surface area contributed by atoms with Crippen molar-refractivity contribution in [3.8, 4) is 0 Å². The number of hydrogen-bond acceptors (Lipinski definition) is 4. The van der Waals surface area contributed by atoms with E-state index in [9.17, 15) is 9.18 Å². The fourth-order valence-corrected chi connectivity index (χ4v) is 2.14. The third-order valence-electron chi connectivity index (χ3n) is 2.35. The lowest BCUT2D eigenvalue weighted by Gasteiger charge is -2.06. The lowest BCUT2D eigenvalue weighted by molar-refractivity contribution is 0.102. The molecule has 0 atom stereocenters. The van der Waals surface area contributed by atoms with Gasteiger partial charge in [-0.1, -0.05) is 12.2 Å². The average molecular weight is 295 g/mol. The molecule has 1 heterocycles. The third-order valence-corrected chi connectivity index (χ3v) is 3.36. The predicted molar refractivity (Wildman–Crippen MR) is 77.1 cm³/mol. The van der Waals surface area contributed by atoms with Crippen molar-refractivity contribution in [1.82, 2.24) is 4.98 Å². The molecule has 7 heteroatoms. The molecule has 2 aromatic rings. The van der Waals surface area contributed by atoms with Gasteiger partial charge in [-0.15, -0.1) is 11.3 Å². The van der Waals surface area contributed by atoms with Crippen LogP contribution in [0.2, 0.25) is 0 Å². The fourth-order valence-electron chi connectivity index (χ4n) is 1.42. The Morgan fingerprint density at radius 3 is 2.79 bits per heavy atom. The first kappa shape index (κ1) is 13.6. The smallest absolute Gasteiger partial charge is 0.275 e. The van der Waals surface area contributed by atoms with E-state index in [-0.39, 0.29) is 16.4 Å². The van der Waals surface area contributed by atoms with E-state index in [1.165, 1.54) is 23.5 Å². The van der Waals surface area contributed by atoms with Gasteiger partial charge in [-0.25, -0.2) is 9.37 Å². The standard InChI is InChI=1S/C12H10FN3OS2/c1-6-15-10(5-19-6)12(17)16-9-3-2-7(11(14)18)4-8(9)13/h2-5H,1H3,(H2,14,18)(H,16,17). The van der Waals surface area contributed by atoms with E-state index in [0.29, 0.717) is 5.56 Å². The van der Waals surface area contributed by atoms with Crippen molar-refractivity contribution in [3.05, 3.63) is 45.7 Å². The molecule has 98 valence electrons. The van der Waals surface area contributed by atoms with E-state index in [1.54, 1.807) is 18.4 Å². The Kier molecular flexibility index (Phi) is 3.87. The molecule has 3 N–H and O–H groups in total. The fraction of sp³-hybridized carbons (Fsp3) is 0.0833. The van der Waals surface area contributed by atoms with Crippen LogP contribution in [-0.2, 0) is 0 Å². The van der Waals surface area contributed by atoms with Crippen molar-refractivity contribution < 1.29 is 9.18 Å². The lowest BCUT2D eigenvalue weighted by atomic mass is 10.2. The Morgan fingerprint density at radius 1 is 1.53 bits per heavy atom. The number of nitrogens with zero attached hydrogens (tertiary/aromatic N) is 1. The molecule has 19 heavy (non-hydrogen) atoms. The maximum absolute atomic E-state index is 13.7. The monoisotopic (exact) mass is 295 g/mol. The topological polar surface area (TPSA) is 68.0 Å². The molecule has 0 bridgehead atoms. The molecule has 0 aliphatic rings. The molecular formula is C12H10FN3OS2. The summed E-state index contributed by atoms with van der Waals surface area (Å²) in [5.74, 6) is -1.04. The Labute approximate surface area is 118 Å². The van der Waals surface area contributed by atoms with Gasteiger partial charge in [-0.2, -0.15) is 0 Å². The summed E-state index contributed by atoms with van der Waals surface area (Å²) < 4.78 is 13.7. The van der Waals surface area contributed by atoms with E-state index in [1.807, 2.05) is 0 Å². The van der Waals surface area contributed by atoms with Crippen LogP contribution in [0.25, 0.3) is 0 Å². The molecule has 4 nitrogen and oxygen atoms in total. The second-order valence-corrected chi connectivity index (χ2v) is 5.27. The normalized spacial score (nSPS) is 10.2. The van der Waals surface area contributed by atoms with Crippen LogP contribution in [0.15, 0.2) is 23.6 Å². The average Bonchev–Trinajstić information content (AvgIpc) is 2.78. The molecule has 1 aromatic carbocycles. The minimum atomic E-state index is -0.592. The van der Waals surface area contributed by atoms with Crippen LogP contribution in [0, 0.1) is 12.7 Å². The molecule has 0 spiro atoms. The summed E-state index contributed by atoms with van der Waals surface area (Å²) in [6, 6.07) is 4.15. The number of hydrogen-bond donors (Lipinski definition) is 2. The zero-order chi connectivity index (χ0) is 14.0. The van der Waals surface area contributed by atoms with Gasteiger partial charge in [-0.05, 0) is 25.1 Å². The quantitative estimate of drug-likeness (QED) is 0.854. The zero-order valence-electron chi connectivity index (χ0n) is 9.94. The summed E-state index contributed by atoms with van der Waals surface area (Å²) in [5.41, 5.74) is 6.14. The SMILES string of the molecule is Cc1nc(C(=O)Nc2ccc(C(N)=S)cc2F)cs1. The molecular weight excluding hydrogens is 285 g/mol. The predicted octanol–water partition coefficient (Wildman–Crippen LogP) is 2.48. The van der Waals surface area contributed by atoms with Crippen molar-refractivity contribution in [2.75, 3.05) is 5.32 Å². The number of halogens is 1. The number of amides is 1. The summed E-state index contributed by atoms with van der Waals surface area (Å²) in [6.45, 7) is 1.79. The molecule has 1 aromatic heterocycles. The van der Waals surface area contributed by atoms with Gasteiger partial charge in [0.1, 0.15) is 16.5 Å². The van der Waals surface area contributed by atoms with Crippen molar-refractivity contribution >= 4 is 40.1 Å². The van der Waals surface area contributed by atoms with Crippen molar-refractivity contribution in [2.24, 2.45) is 5.73 Å². The molecule has 0 saturated heterocycles. The third kappa shape index (κ3) is 3.12. The Morgan fingerprint density at radius 2 is 2.26 bits per heavy atom. The second-order valence-electron chi connectivity index (χ2n) is 3.76. The van der Waals surface area contributed by atoms with Crippen LogP contribution >= 0.6 is 23.6 Å². The minimum absolute atomic E-state index is 0.0654. The van der Waals surface area contributed by atoms with Gasteiger partial charge in [0.25, 0.3) is 5.91 Å². The summed E-state index contributed by atoms with van der Waals surface area (Å²) in [5, 5.41) is 4.84. The molecule has 0 aliphatic carbocycles. The molecule has 0 radical (unpaired) electrons. The Balaban J connectivity index is 2.20. The largest absolute Gasteiger partial charge is 0.389 e. The first-order chi connectivity index (χ1) is 8.97. The molecule has 2 rings (SSSR count). The van der Waals surface area contributed by atoms with E-state index in [4.69, 9.17) is 18.0 Å². The number of carbonyl (C=O) groups excluding carboxylic acids is 1. The van der Waals surface area contributed by atoms with E-state index >= 15 is 0 Å². The number of aromatic nitrogens is 1. The molecule has 0 saturated carbocycles. The van der Waals surface area contributed by atoms with Gasteiger partial charge in [-0.3, -0.25) is 4.79 Å². The molecule has 0 unspecified atom stereocenters. The van der Waals surface area contributed by atoms with Crippen LogP contribution in [-0.4, -0.2) is 15.9 Å². The summed E-state index contributed by atoms with van der Waals surface area (Å²) in [4.78, 5) is 15.9. The van der Waals surface area contributed by atoms with Crippen molar-refractivity contribution in [2.45, 2.75) is 6.92 Å². The van der Waals surface area contributed by atoms with Crippen LogP contribution in [0.1, 0.15) is 21.1 Å². The number of carbonyl (C=O) groups is 1. The number of benzene rings is 1. The van der Waals surface area contributed by atoms with Gasteiger partial charge in [0.2, 0.25) is 0 Å². The summed E-state index contributed by atoms with van der Waals surface area (Å²) in [7, 11) is 0. The summed E-state index contributed by atoms with van der Waals surface area (Å²) >= 11 is 6.10.